The Morgan fingerprint density at radius 1 is 1.32 bits per heavy atom. The molecule has 1 aliphatic carbocycles. The summed E-state index contributed by atoms with van der Waals surface area (Å²) < 4.78 is 5.57. The van der Waals surface area contributed by atoms with Crippen molar-refractivity contribution in [2.45, 2.75) is 52.4 Å². The number of carbonyl (C=O) groups is 1. The summed E-state index contributed by atoms with van der Waals surface area (Å²) in [5.41, 5.74) is 0.821. The number of aliphatic carboxylic acids is 1. The lowest BCUT2D eigenvalue weighted by Crippen LogP contribution is -2.52. The van der Waals surface area contributed by atoms with E-state index in [-0.39, 0.29) is 29.9 Å². The number of ether oxygens (including phenoxy) is 1. The van der Waals surface area contributed by atoms with Crippen molar-refractivity contribution in [1.29, 1.82) is 0 Å². The van der Waals surface area contributed by atoms with Crippen molar-refractivity contribution in [2.75, 3.05) is 13.2 Å². The molecule has 0 aromatic heterocycles. The highest BCUT2D eigenvalue weighted by Crippen LogP contribution is 2.45. The third-order valence-electron chi connectivity index (χ3n) is 5.78. The minimum Gasteiger partial charge on any atom is -0.481 e. The number of hydrogen-bond donors (Lipinski definition) is 3. The van der Waals surface area contributed by atoms with Gasteiger partial charge in [0.25, 0.3) is 0 Å². The predicted octanol–water partition coefficient (Wildman–Crippen LogP) is 2.68. The average Bonchev–Trinajstić information content (AvgIpc) is 2.56. The number of carboxylic acid groups (broad SMARTS) is 1. The number of aliphatic hydroxyl groups excluding tert-OH is 1. The summed E-state index contributed by atoms with van der Waals surface area (Å²) in [4.78, 5) is 11.4. The maximum absolute atomic E-state index is 11.4. The maximum Gasteiger partial charge on any atom is 0.307 e. The normalized spacial score (nSPS) is 27.0. The fraction of sp³-hybridized carbons (Fsp3) is 0.650. The third kappa shape index (κ3) is 5.27. The van der Waals surface area contributed by atoms with E-state index in [4.69, 9.17) is 4.74 Å². The van der Waals surface area contributed by atoms with Gasteiger partial charge in [0, 0.05) is 12.6 Å². The Bertz CT molecular complexity index is 546. The van der Waals surface area contributed by atoms with Crippen LogP contribution in [0.4, 0.5) is 0 Å². The Morgan fingerprint density at radius 2 is 2.00 bits per heavy atom. The highest BCUT2D eigenvalue weighted by atomic mass is 16.5. The van der Waals surface area contributed by atoms with Gasteiger partial charge in [-0.05, 0) is 29.7 Å². The van der Waals surface area contributed by atoms with E-state index in [1.807, 2.05) is 44.2 Å². The van der Waals surface area contributed by atoms with Gasteiger partial charge < -0.3 is 20.3 Å². The van der Waals surface area contributed by atoms with Crippen molar-refractivity contribution < 1.29 is 19.7 Å². The molecule has 0 amide bonds. The molecule has 0 aliphatic heterocycles. The Labute approximate surface area is 150 Å². The van der Waals surface area contributed by atoms with Crippen LogP contribution in [0.3, 0.4) is 0 Å². The van der Waals surface area contributed by atoms with E-state index in [0.717, 1.165) is 12.0 Å². The van der Waals surface area contributed by atoms with E-state index in [0.29, 0.717) is 19.6 Å². The summed E-state index contributed by atoms with van der Waals surface area (Å²) in [6, 6.07) is 10.1. The molecule has 1 aromatic carbocycles. The second-order valence-corrected chi connectivity index (χ2v) is 7.75. The summed E-state index contributed by atoms with van der Waals surface area (Å²) in [6.07, 6.45) is 0.917. The number of carboxylic acids is 1. The zero-order valence-corrected chi connectivity index (χ0v) is 15.4. The zero-order valence-electron chi connectivity index (χ0n) is 15.4. The lowest BCUT2D eigenvalue weighted by molar-refractivity contribution is -0.150. The highest BCUT2D eigenvalue weighted by molar-refractivity contribution is 5.71. The number of rotatable bonds is 8. The van der Waals surface area contributed by atoms with Crippen molar-refractivity contribution in [1.82, 2.24) is 5.32 Å². The molecule has 0 bridgehead atoms. The van der Waals surface area contributed by atoms with Gasteiger partial charge in [0.15, 0.2) is 0 Å². The molecule has 3 N–H and O–H groups in total. The Hall–Kier alpha value is -1.43. The van der Waals surface area contributed by atoms with Gasteiger partial charge in [0.1, 0.15) is 0 Å². The molecular weight excluding hydrogens is 318 g/mol. The van der Waals surface area contributed by atoms with Gasteiger partial charge in [0.05, 0.1) is 25.2 Å². The minimum atomic E-state index is -0.704. The van der Waals surface area contributed by atoms with Crippen molar-refractivity contribution in [3.8, 4) is 0 Å². The minimum absolute atomic E-state index is 0.217. The topological polar surface area (TPSA) is 78.8 Å². The highest BCUT2D eigenvalue weighted by Gasteiger charge is 2.46. The SMILES string of the molecule is CC1C(NCC(O)COCc2ccccc2)CCC(C(=O)O)C1(C)C. The van der Waals surface area contributed by atoms with Crippen LogP contribution in [0.2, 0.25) is 0 Å². The first-order chi connectivity index (χ1) is 11.8. The predicted molar refractivity (Wildman–Crippen MR) is 97.2 cm³/mol. The first kappa shape index (κ1) is 19.9. The molecule has 4 unspecified atom stereocenters. The molecule has 5 heteroatoms. The molecule has 140 valence electrons. The van der Waals surface area contributed by atoms with Crippen LogP contribution in [0, 0.1) is 17.3 Å². The van der Waals surface area contributed by atoms with Gasteiger partial charge in [0.2, 0.25) is 0 Å². The molecule has 0 spiro atoms. The summed E-state index contributed by atoms with van der Waals surface area (Å²) in [6.45, 7) is 7.39. The van der Waals surface area contributed by atoms with Gasteiger partial charge in [-0.1, -0.05) is 51.1 Å². The van der Waals surface area contributed by atoms with E-state index in [2.05, 4.69) is 12.2 Å². The lowest BCUT2D eigenvalue weighted by Gasteiger charge is -2.46. The van der Waals surface area contributed by atoms with E-state index < -0.39 is 12.1 Å². The fourth-order valence-electron chi connectivity index (χ4n) is 3.76. The van der Waals surface area contributed by atoms with Crippen molar-refractivity contribution in [3.05, 3.63) is 35.9 Å². The van der Waals surface area contributed by atoms with Gasteiger partial charge >= 0.3 is 5.97 Å². The van der Waals surface area contributed by atoms with Crippen LogP contribution in [0.25, 0.3) is 0 Å². The van der Waals surface area contributed by atoms with Gasteiger partial charge in [-0.2, -0.15) is 0 Å². The van der Waals surface area contributed by atoms with Crippen LogP contribution in [-0.2, 0) is 16.1 Å². The summed E-state index contributed by atoms with van der Waals surface area (Å²) in [5, 5.41) is 23.0. The Morgan fingerprint density at radius 3 is 2.64 bits per heavy atom. The van der Waals surface area contributed by atoms with E-state index in [1.165, 1.54) is 0 Å². The van der Waals surface area contributed by atoms with E-state index in [9.17, 15) is 15.0 Å². The van der Waals surface area contributed by atoms with Crippen molar-refractivity contribution in [3.63, 3.8) is 0 Å². The molecule has 5 nitrogen and oxygen atoms in total. The fourth-order valence-corrected chi connectivity index (χ4v) is 3.76. The molecule has 0 heterocycles. The standard InChI is InChI=1S/C20H31NO4/c1-14-18(10-9-17(19(23)24)20(14,2)3)21-11-16(22)13-25-12-15-7-5-4-6-8-15/h4-8,14,16-18,21-22H,9-13H2,1-3H3,(H,23,24). The van der Waals surface area contributed by atoms with E-state index >= 15 is 0 Å². The van der Waals surface area contributed by atoms with Gasteiger partial charge in [-0.3, -0.25) is 4.79 Å². The van der Waals surface area contributed by atoms with Gasteiger partial charge in [-0.15, -0.1) is 0 Å². The quantitative estimate of drug-likeness (QED) is 0.672. The van der Waals surface area contributed by atoms with Crippen molar-refractivity contribution >= 4 is 5.97 Å². The van der Waals surface area contributed by atoms with Crippen LogP contribution >= 0.6 is 0 Å². The summed E-state index contributed by atoms with van der Waals surface area (Å²) in [5.74, 6) is -0.788. The first-order valence-electron chi connectivity index (χ1n) is 9.08. The lowest BCUT2D eigenvalue weighted by atomic mass is 9.61. The molecule has 1 fully saturated rings. The van der Waals surface area contributed by atoms with Crippen LogP contribution in [-0.4, -0.2) is 41.5 Å². The van der Waals surface area contributed by atoms with Crippen molar-refractivity contribution in [2.24, 2.45) is 17.3 Å². The van der Waals surface area contributed by atoms with E-state index in [1.54, 1.807) is 0 Å². The second kappa shape index (κ2) is 8.79. The molecule has 4 atom stereocenters. The number of aliphatic hydroxyl groups is 1. The van der Waals surface area contributed by atoms with Crippen LogP contribution in [0.15, 0.2) is 30.3 Å². The third-order valence-corrected chi connectivity index (χ3v) is 5.78. The van der Waals surface area contributed by atoms with Crippen LogP contribution in [0.1, 0.15) is 39.2 Å². The first-order valence-corrected chi connectivity index (χ1v) is 9.08. The molecule has 0 radical (unpaired) electrons. The zero-order chi connectivity index (χ0) is 18.4. The Balaban J connectivity index is 1.74. The average molecular weight is 349 g/mol. The molecule has 2 rings (SSSR count). The smallest absolute Gasteiger partial charge is 0.307 e. The maximum atomic E-state index is 11.4. The van der Waals surface area contributed by atoms with Gasteiger partial charge in [-0.25, -0.2) is 0 Å². The second-order valence-electron chi connectivity index (χ2n) is 7.75. The largest absolute Gasteiger partial charge is 0.481 e. The van der Waals surface area contributed by atoms with Crippen LogP contribution < -0.4 is 5.32 Å². The van der Waals surface area contributed by atoms with Crippen LogP contribution in [0.5, 0.6) is 0 Å². The monoisotopic (exact) mass is 349 g/mol. The Kier molecular flexibility index (Phi) is 6.99. The summed E-state index contributed by atoms with van der Waals surface area (Å²) >= 11 is 0. The molecule has 0 saturated heterocycles. The molecule has 1 aliphatic rings. The molecule has 1 aromatic rings. The number of nitrogens with one attached hydrogen (secondary N) is 1. The number of hydrogen-bond acceptors (Lipinski definition) is 4. The summed E-state index contributed by atoms with van der Waals surface area (Å²) in [7, 11) is 0. The number of benzene rings is 1. The molecule has 25 heavy (non-hydrogen) atoms. The molecule has 1 saturated carbocycles. The molecular formula is C20H31NO4.